The summed E-state index contributed by atoms with van der Waals surface area (Å²) in [4.78, 5) is 27.4. The highest BCUT2D eigenvalue weighted by atomic mass is 27.2. The summed E-state index contributed by atoms with van der Waals surface area (Å²) < 4.78 is 69.6. The van der Waals surface area contributed by atoms with Gasteiger partial charge in [-0.3, -0.25) is 0 Å². The second-order valence-electron chi connectivity index (χ2n) is 31.6. The number of hydrogen-bond acceptors (Lipinski definition) is 18. The van der Waals surface area contributed by atoms with E-state index in [-0.39, 0.29) is 0 Å². The van der Waals surface area contributed by atoms with Gasteiger partial charge in [0.25, 0.3) is 0 Å². The lowest BCUT2D eigenvalue weighted by atomic mass is 10.1. The van der Waals surface area contributed by atoms with Gasteiger partial charge in [-0.25, -0.2) is 29.9 Å². The molecular formula is C112H94Al6N6O12. The standard InChI is InChI=1S/2C12H10O.6C10H9NO.C8H10O.2C7H8O.C6H6O.6Al/c13-12-8-4-7-11(9-12)10-5-2-1-3-6-10;13-12-8-6-11(7-9-12)10-4-2-1-3-5-10;6*1-7-5-6-8-3-2-4-9(12)10(8)11-7;1-6-3-4-8(9)5-7(6)2;1-6-2-4-7(8)5-3-6;1-6-4-2-3-5-7(6)8;7-6-4-2-1-3-5-6;;;;;;/h2*1-9,13H;6*2-6,12H,1H3;3-5,9H,1-2H3;2*2-5,8H,1H3;1-5,7H;;;;;;/q;;;;;;;;;;;;6*+2/p-12. The highest BCUT2D eigenvalue weighted by molar-refractivity contribution is 6.23. The molecule has 0 bridgehead atoms. The quantitative estimate of drug-likeness (QED) is 0.0465. The lowest BCUT2D eigenvalue weighted by Crippen LogP contribution is -2.12. The molecule has 0 N–H and O–H groups in total. The number of hydrogen-bond donors (Lipinski definition) is 0. The first-order chi connectivity index (χ1) is 66.5. The van der Waals surface area contributed by atoms with Crippen molar-refractivity contribution < 1.29 is 45.5 Å². The molecule has 0 aliphatic heterocycles. The van der Waals surface area contributed by atoms with Crippen LogP contribution in [0, 0.1) is 69.2 Å². The average molecular weight is 1880 g/mol. The maximum atomic E-state index is 5.92. The molecule has 136 heavy (non-hydrogen) atoms. The van der Waals surface area contributed by atoms with Crippen LogP contribution >= 0.6 is 0 Å². The molecule has 0 amide bonds. The van der Waals surface area contributed by atoms with Gasteiger partial charge in [0.05, 0.1) is 34.5 Å². The molecule has 18 nitrogen and oxygen atoms in total. The van der Waals surface area contributed by atoms with Crippen LogP contribution in [0.1, 0.15) is 56.4 Å². The van der Waals surface area contributed by atoms with Gasteiger partial charge < -0.3 is 45.5 Å². The second-order valence-corrected chi connectivity index (χ2v) is 35.6. The summed E-state index contributed by atoms with van der Waals surface area (Å²) in [5.74, 6) is 9.64. The van der Waals surface area contributed by atoms with Crippen molar-refractivity contribution in [2.24, 2.45) is 0 Å². The third-order valence-corrected chi connectivity index (χ3v) is 25.6. The van der Waals surface area contributed by atoms with Gasteiger partial charge in [-0.05, 0) is 248 Å². The number of aryl methyl sites for hydroxylation is 10. The lowest BCUT2D eigenvalue weighted by molar-refractivity contribution is 0.459. The van der Waals surface area contributed by atoms with E-state index in [0.29, 0.717) is 0 Å². The van der Waals surface area contributed by atoms with E-state index in [2.05, 4.69) is 136 Å². The lowest BCUT2D eigenvalue weighted by Gasteiger charge is -2.12. The Morgan fingerprint density at radius 2 is 0.397 bits per heavy atom. The van der Waals surface area contributed by atoms with Gasteiger partial charge in [0.15, 0.2) is 0 Å². The molecule has 20 aromatic rings. The van der Waals surface area contributed by atoms with Crippen LogP contribution in [0.5, 0.6) is 69.0 Å². The second kappa shape index (κ2) is 49.5. The third kappa shape index (κ3) is 28.2. The van der Waals surface area contributed by atoms with Crippen LogP contribution in [0.15, 0.2) is 388 Å². The van der Waals surface area contributed by atoms with Gasteiger partial charge in [-0.1, -0.05) is 254 Å². The van der Waals surface area contributed by atoms with E-state index in [4.69, 9.17) is 45.5 Å². The van der Waals surface area contributed by atoms with Crippen molar-refractivity contribution >= 4 is 161 Å². The monoisotopic (exact) mass is 1880 g/mol. The molecule has 6 radical (unpaired) electrons. The van der Waals surface area contributed by atoms with E-state index < -0.39 is 95.3 Å². The average Bonchev–Trinajstić information content (AvgIpc) is 0.840. The molecule has 6 heterocycles. The van der Waals surface area contributed by atoms with Crippen molar-refractivity contribution in [1.29, 1.82) is 0 Å². The Hall–Kier alpha value is -13.7. The summed E-state index contributed by atoms with van der Waals surface area (Å²) in [6, 6.07) is 128. The number of fused-ring (bicyclic) bond motifs is 6. The van der Waals surface area contributed by atoms with Crippen LogP contribution in [0.3, 0.4) is 0 Å². The topological polar surface area (TPSA) is 188 Å². The van der Waals surface area contributed by atoms with Crippen molar-refractivity contribution in [3.05, 3.63) is 445 Å². The zero-order valence-corrected chi connectivity index (χ0v) is 83.9. The van der Waals surface area contributed by atoms with Gasteiger partial charge >= 0.3 is 95.3 Å². The van der Waals surface area contributed by atoms with Crippen molar-refractivity contribution in [3.8, 4) is 91.2 Å². The number of aromatic nitrogens is 6. The van der Waals surface area contributed by atoms with E-state index in [1.807, 2.05) is 352 Å². The summed E-state index contributed by atoms with van der Waals surface area (Å²) in [6.45, 7) is 20.1. The molecular weight excluding hydrogens is 1780 g/mol. The zero-order valence-electron chi connectivity index (χ0n) is 77.0. The smallest absolute Gasteiger partial charge is 0.616 e. The van der Waals surface area contributed by atoms with E-state index in [1.165, 1.54) is 33.4 Å². The molecule has 0 saturated heterocycles. The molecule has 20 rings (SSSR count). The Balaban J connectivity index is 0.000000124. The first-order valence-electron chi connectivity index (χ1n) is 44.2. The van der Waals surface area contributed by atoms with Gasteiger partial charge in [-0.2, -0.15) is 0 Å². The fourth-order valence-corrected chi connectivity index (χ4v) is 17.7. The Morgan fingerprint density at radius 3 is 0.743 bits per heavy atom. The van der Waals surface area contributed by atoms with Crippen LogP contribution in [-0.4, -0.2) is 125 Å². The van der Waals surface area contributed by atoms with Crippen LogP contribution < -0.4 is 45.5 Å². The van der Waals surface area contributed by atoms with E-state index >= 15 is 0 Å². The van der Waals surface area contributed by atoms with Crippen LogP contribution in [0.2, 0.25) is 0 Å². The Labute approximate surface area is 833 Å². The molecule has 0 aliphatic carbocycles. The number of rotatable bonds is 26. The molecule has 0 spiro atoms. The maximum absolute atomic E-state index is 5.92. The minimum atomic E-state index is -0.680. The Kier molecular flexibility index (Phi) is 35.3. The van der Waals surface area contributed by atoms with Crippen molar-refractivity contribution in [1.82, 2.24) is 29.9 Å². The summed E-state index contributed by atoms with van der Waals surface area (Å²) in [5, 5.41) is 6.44. The minimum Gasteiger partial charge on any atom is -0.616 e. The van der Waals surface area contributed by atoms with Gasteiger partial charge in [-0.15, -0.1) is 0 Å². The SMILES string of the molecule is Cc1ccc([O][Al][O]c2cccc3ccc(C)nc23)cc1.Cc1ccc2cccc([O][Al][O]c3ccc(-c4ccccc4)cc3)c2n1.Cc1ccc2cccc([O][Al][O]c3ccc(C)c(C)c3)c2n1.Cc1ccc2cccc([O][Al][O]c3cccc(-c4ccccc4)c3)c2n1.Cc1ccc2cccc([O][Al][O]c3ccccc3)c2n1.Cc1ccc2cccc([O][Al][O]c3ccccc3C)c2n1. The van der Waals surface area contributed by atoms with Gasteiger partial charge in [0.1, 0.15) is 67.6 Å². The summed E-state index contributed by atoms with van der Waals surface area (Å²) in [5.41, 5.74) is 20.6. The molecule has 0 atom stereocenters. The zero-order chi connectivity index (χ0) is 94.2. The molecule has 14 aromatic carbocycles. The number of pyridine rings is 6. The molecule has 0 unspecified atom stereocenters. The number of benzene rings is 14. The predicted molar refractivity (Wildman–Crippen MR) is 549 cm³/mol. The fraction of sp³-hybridized carbons (Fsp3) is 0.0893. The normalized spacial score (nSPS) is 10.4. The minimum absolute atomic E-state index is 0.609. The van der Waals surface area contributed by atoms with Crippen LogP contribution in [0.25, 0.3) is 87.7 Å². The first-order valence-corrected chi connectivity index (χ1v) is 49.8. The largest absolute Gasteiger partial charge is 0.881 e. The van der Waals surface area contributed by atoms with Crippen molar-refractivity contribution in [2.45, 2.75) is 69.2 Å². The maximum Gasteiger partial charge on any atom is 0.881 e. The Bertz CT molecular complexity index is 7360. The predicted octanol–water partition coefficient (Wildman–Crippen LogP) is 25.8. The van der Waals surface area contributed by atoms with Crippen LogP contribution in [0.4, 0.5) is 0 Å². The van der Waals surface area contributed by atoms with Gasteiger partial charge in [0, 0.05) is 66.5 Å². The molecule has 24 heteroatoms. The van der Waals surface area contributed by atoms with E-state index in [9.17, 15) is 0 Å². The summed E-state index contributed by atoms with van der Waals surface area (Å²) in [6.07, 6.45) is 0. The summed E-state index contributed by atoms with van der Waals surface area (Å²) >= 11 is -3.82. The third-order valence-electron chi connectivity index (χ3n) is 21.3. The van der Waals surface area contributed by atoms with E-state index in [1.54, 1.807) is 0 Å². The number of nitrogens with zero attached hydrogens (tertiary/aromatic N) is 6. The summed E-state index contributed by atoms with van der Waals surface area (Å²) in [7, 11) is 0. The number of para-hydroxylation sites is 8. The van der Waals surface area contributed by atoms with Crippen LogP contribution in [-0.2, 0) is 0 Å². The van der Waals surface area contributed by atoms with Crippen molar-refractivity contribution in [3.63, 3.8) is 0 Å². The van der Waals surface area contributed by atoms with E-state index in [0.717, 1.165) is 180 Å². The molecule has 0 saturated carbocycles. The highest BCUT2D eigenvalue weighted by Gasteiger charge is 2.18. The molecule has 6 aromatic heterocycles. The Morgan fingerprint density at radius 1 is 0.154 bits per heavy atom. The first kappa shape index (κ1) is 96.9. The van der Waals surface area contributed by atoms with Crippen molar-refractivity contribution in [2.75, 3.05) is 0 Å². The highest BCUT2D eigenvalue weighted by Crippen LogP contribution is 2.33. The molecule has 662 valence electrons. The molecule has 0 aliphatic rings. The fourth-order valence-electron chi connectivity index (χ4n) is 14.0. The van der Waals surface area contributed by atoms with Gasteiger partial charge in [0.2, 0.25) is 0 Å². The molecule has 0 fully saturated rings.